The van der Waals surface area contributed by atoms with Gasteiger partial charge in [0.1, 0.15) is 0 Å². The Morgan fingerprint density at radius 3 is 2.33 bits per heavy atom. The molecule has 2 rings (SSSR count). The lowest BCUT2D eigenvalue weighted by molar-refractivity contribution is -0.137. The fourth-order valence-electron chi connectivity index (χ4n) is 3.01. The molecule has 1 N–H and O–H groups in total. The van der Waals surface area contributed by atoms with Gasteiger partial charge in [-0.3, -0.25) is 4.79 Å². The lowest BCUT2D eigenvalue weighted by Crippen LogP contribution is -2.45. The Labute approximate surface area is 141 Å². The Bertz CT molecular complexity index is 534. The van der Waals surface area contributed by atoms with Gasteiger partial charge in [0.25, 0.3) is 0 Å². The van der Waals surface area contributed by atoms with Crippen molar-refractivity contribution in [2.75, 3.05) is 20.1 Å². The molecule has 6 heteroatoms. The second-order valence-electron chi connectivity index (χ2n) is 6.59. The van der Waals surface area contributed by atoms with Crippen molar-refractivity contribution in [2.24, 2.45) is 5.92 Å². The first-order valence-corrected chi connectivity index (χ1v) is 8.44. The summed E-state index contributed by atoms with van der Waals surface area (Å²) in [4.78, 5) is 14.7. The molecule has 1 heterocycles. The van der Waals surface area contributed by atoms with Gasteiger partial charge in [0, 0.05) is 12.0 Å². The summed E-state index contributed by atoms with van der Waals surface area (Å²) >= 11 is 0. The lowest BCUT2D eigenvalue weighted by atomic mass is 9.94. The molecule has 1 atom stereocenters. The van der Waals surface area contributed by atoms with Gasteiger partial charge in [-0.15, -0.1) is 0 Å². The standard InChI is InChI=1S/C18H25F3N2O/c1-3-14(17(24)22-16-8-10-23(2)11-9-16)12-13-4-6-15(7-5-13)18(19,20)21/h4-7,14,16H,3,8-12H2,1-2H3,(H,22,24)/t14-/m0/s1. The fourth-order valence-corrected chi connectivity index (χ4v) is 3.01. The first kappa shape index (κ1) is 18.8. The van der Waals surface area contributed by atoms with Crippen molar-refractivity contribution in [1.29, 1.82) is 0 Å². The van der Waals surface area contributed by atoms with Crippen molar-refractivity contribution in [3.63, 3.8) is 0 Å². The van der Waals surface area contributed by atoms with Gasteiger partial charge < -0.3 is 10.2 Å². The zero-order valence-electron chi connectivity index (χ0n) is 14.2. The first-order chi connectivity index (χ1) is 11.3. The summed E-state index contributed by atoms with van der Waals surface area (Å²) in [5.41, 5.74) is 0.100. The number of benzene rings is 1. The normalized spacial score (nSPS) is 18.4. The van der Waals surface area contributed by atoms with Gasteiger partial charge in [0.05, 0.1) is 5.56 Å². The molecule has 1 fully saturated rings. The van der Waals surface area contributed by atoms with Crippen LogP contribution in [0.5, 0.6) is 0 Å². The third-order valence-electron chi connectivity index (χ3n) is 4.69. The maximum absolute atomic E-state index is 12.6. The first-order valence-electron chi connectivity index (χ1n) is 8.44. The van der Waals surface area contributed by atoms with E-state index in [0.29, 0.717) is 12.8 Å². The van der Waals surface area contributed by atoms with Crippen molar-refractivity contribution in [2.45, 2.75) is 44.8 Å². The minimum atomic E-state index is -4.33. The molecule has 0 aromatic heterocycles. The number of amides is 1. The Morgan fingerprint density at radius 1 is 1.25 bits per heavy atom. The molecule has 0 unspecified atom stereocenters. The predicted molar refractivity (Wildman–Crippen MR) is 87.6 cm³/mol. The van der Waals surface area contributed by atoms with Gasteiger partial charge in [-0.25, -0.2) is 0 Å². The number of nitrogens with zero attached hydrogens (tertiary/aromatic N) is 1. The monoisotopic (exact) mass is 342 g/mol. The van der Waals surface area contributed by atoms with E-state index in [-0.39, 0.29) is 17.9 Å². The van der Waals surface area contributed by atoms with E-state index in [2.05, 4.69) is 17.3 Å². The molecule has 0 bridgehead atoms. The number of hydrogen-bond acceptors (Lipinski definition) is 2. The Morgan fingerprint density at radius 2 is 1.83 bits per heavy atom. The second kappa shape index (κ2) is 8.01. The van der Waals surface area contributed by atoms with Crippen molar-refractivity contribution >= 4 is 5.91 Å². The van der Waals surface area contributed by atoms with Gasteiger partial charge in [0.2, 0.25) is 5.91 Å². The molecule has 3 nitrogen and oxygen atoms in total. The molecule has 0 saturated carbocycles. The highest BCUT2D eigenvalue weighted by atomic mass is 19.4. The molecular formula is C18H25F3N2O. The van der Waals surface area contributed by atoms with Crippen LogP contribution in [0.15, 0.2) is 24.3 Å². The molecule has 1 aliphatic heterocycles. The minimum absolute atomic E-state index is 0.00644. The second-order valence-corrected chi connectivity index (χ2v) is 6.59. The Hall–Kier alpha value is -1.56. The molecule has 0 aliphatic carbocycles. The molecular weight excluding hydrogens is 317 g/mol. The van der Waals surface area contributed by atoms with E-state index in [4.69, 9.17) is 0 Å². The zero-order valence-corrected chi connectivity index (χ0v) is 14.2. The number of hydrogen-bond donors (Lipinski definition) is 1. The van der Waals surface area contributed by atoms with Gasteiger partial charge in [0.15, 0.2) is 0 Å². The van der Waals surface area contributed by atoms with E-state index >= 15 is 0 Å². The average Bonchev–Trinajstić information content (AvgIpc) is 2.54. The fraction of sp³-hybridized carbons (Fsp3) is 0.611. The van der Waals surface area contributed by atoms with Crippen LogP contribution in [0.4, 0.5) is 13.2 Å². The number of carbonyl (C=O) groups excluding carboxylic acids is 1. The van der Waals surface area contributed by atoms with Crippen LogP contribution in [0.3, 0.4) is 0 Å². The molecule has 1 amide bonds. The van der Waals surface area contributed by atoms with E-state index in [1.54, 1.807) is 0 Å². The van der Waals surface area contributed by atoms with Crippen molar-refractivity contribution < 1.29 is 18.0 Å². The van der Waals surface area contributed by atoms with Crippen LogP contribution in [0.2, 0.25) is 0 Å². The number of halogens is 3. The summed E-state index contributed by atoms with van der Waals surface area (Å²) in [5, 5.41) is 3.10. The topological polar surface area (TPSA) is 32.3 Å². The molecule has 1 aromatic rings. The molecule has 0 radical (unpaired) electrons. The maximum atomic E-state index is 12.6. The van der Waals surface area contributed by atoms with E-state index in [0.717, 1.165) is 43.6 Å². The highest BCUT2D eigenvalue weighted by Crippen LogP contribution is 2.29. The van der Waals surface area contributed by atoms with Crippen molar-refractivity contribution in [3.8, 4) is 0 Å². The average molecular weight is 342 g/mol. The molecule has 1 saturated heterocycles. The van der Waals surface area contributed by atoms with Crippen LogP contribution < -0.4 is 5.32 Å². The summed E-state index contributed by atoms with van der Waals surface area (Å²) in [6.45, 7) is 3.88. The van der Waals surface area contributed by atoms with Crippen LogP contribution in [-0.2, 0) is 17.4 Å². The van der Waals surface area contributed by atoms with Crippen LogP contribution in [0, 0.1) is 5.92 Å². The van der Waals surface area contributed by atoms with Crippen molar-refractivity contribution in [3.05, 3.63) is 35.4 Å². The summed E-state index contributed by atoms with van der Waals surface area (Å²) < 4.78 is 37.8. The summed E-state index contributed by atoms with van der Waals surface area (Å²) in [6.07, 6.45) is -1.31. The SMILES string of the molecule is CC[C@@H](Cc1ccc(C(F)(F)F)cc1)C(=O)NC1CCN(C)CC1. The van der Waals surface area contributed by atoms with E-state index in [9.17, 15) is 18.0 Å². The maximum Gasteiger partial charge on any atom is 0.416 e. The third-order valence-corrected chi connectivity index (χ3v) is 4.69. The van der Waals surface area contributed by atoms with Crippen LogP contribution in [0.1, 0.15) is 37.3 Å². The Balaban J connectivity index is 1.92. The summed E-state index contributed by atoms with van der Waals surface area (Å²) in [6, 6.07) is 5.30. The zero-order chi connectivity index (χ0) is 17.7. The van der Waals surface area contributed by atoms with Gasteiger partial charge in [-0.2, -0.15) is 13.2 Å². The number of rotatable bonds is 5. The predicted octanol–water partition coefficient (Wildman–Crippen LogP) is 3.48. The molecule has 1 aliphatic rings. The van der Waals surface area contributed by atoms with E-state index < -0.39 is 11.7 Å². The van der Waals surface area contributed by atoms with Crippen LogP contribution in [0.25, 0.3) is 0 Å². The molecule has 24 heavy (non-hydrogen) atoms. The third kappa shape index (κ3) is 5.23. The highest BCUT2D eigenvalue weighted by molar-refractivity contribution is 5.79. The van der Waals surface area contributed by atoms with Crippen LogP contribution >= 0.6 is 0 Å². The molecule has 0 spiro atoms. The van der Waals surface area contributed by atoms with E-state index in [1.807, 2.05) is 6.92 Å². The number of carbonyl (C=O) groups is 1. The number of alkyl halides is 3. The van der Waals surface area contributed by atoms with Crippen molar-refractivity contribution in [1.82, 2.24) is 10.2 Å². The molecule has 134 valence electrons. The summed E-state index contributed by atoms with van der Waals surface area (Å²) in [5.74, 6) is -0.201. The van der Waals surface area contributed by atoms with Crippen LogP contribution in [-0.4, -0.2) is 37.0 Å². The Kier molecular flexibility index (Phi) is 6.27. The van der Waals surface area contributed by atoms with Gasteiger partial charge in [-0.05, 0) is 63.5 Å². The van der Waals surface area contributed by atoms with Gasteiger partial charge in [-0.1, -0.05) is 19.1 Å². The summed E-state index contributed by atoms with van der Waals surface area (Å²) in [7, 11) is 2.07. The highest BCUT2D eigenvalue weighted by Gasteiger charge is 2.30. The minimum Gasteiger partial charge on any atom is -0.353 e. The number of nitrogens with one attached hydrogen (secondary N) is 1. The quantitative estimate of drug-likeness (QED) is 0.888. The smallest absolute Gasteiger partial charge is 0.353 e. The molecule has 1 aromatic carbocycles. The lowest BCUT2D eigenvalue weighted by Gasteiger charge is -2.30. The number of piperidine rings is 1. The largest absolute Gasteiger partial charge is 0.416 e. The number of likely N-dealkylation sites (tertiary alicyclic amines) is 1. The van der Waals surface area contributed by atoms with E-state index in [1.165, 1.54) is 12.1 Å². The van der Waals surface area contributed by atoms with Gasteiger partial charge >= 0.3 is 6.18 Å².